The number of carbonyl (C=O) groups is 1. The molecule has 27 heavy (non-hydrogen) atoms. The standard InChI is InChI=1S/C18H13Cl3N4O2/c19-14-2-1-3-15(20)13(14)10-27-12-6-4-11(5-7-12)8-22-24-16-9-23-25-18(26)17(16)21/h1-9,17H,10H2,(H,25,26)/b22-8+,24-16-. The predicted octanol–water partition coefficient (Wildman–Crippen LogP) is 4.07. The molecule has 0 radical (unpaired) electrons. The summed E-state index contributed by atoms with van der Waals surface area (Å²) in [5, 5.41) is 11.7. The zero-order valence-electron chi connectivity index (χ0n) is 13.8. The van der Waals surface area contributed by atoms with Crippen LogP contribution >= 0.6 is 34.8 Å². The largest absolute Gasteiger partial charge is 0.489 e. The average molecular weight is 424 g/mol. The van der Waals surface area contributed by atoms with E-state index in [1.165, 1.54) is 12.4 Å². The van der Waals surface area contributed by atoms with Crippen LogP contribution in [0, 0.1) is 0 Å². The Morgan fingerprint density at radius 3 is 2.56 bits per heavy atom. The van der Waals surface area contributed by atoms with Gasteiger partial charge in [-0.1, -0.05) is 29.3 Å². The number of benzene rings is 2. The second kappa shape index (κ2) is 8.99. The van der Waals surface area contributed by atoms with E-state index in [4.69, 9.17) is 39.5 Å². The van der Waals surface area contributed by atoms with E-state index in [9.17, 15) is 4.79 Å². The molecule has 3 rings (SSSR count). The number of rotatable bonds is 5. The Morgan fingerprint density at radius 2 is 1.85 bits per heavy atom. The quantitative estimate of drug-likeness (QED) is 0.447. The average Bonchev–Trinajstić information content (AvgIpc) is 2.66. The minimum absolute atomic E-state index is 0.262. The third-order valence-corrected chi connectivity index (χ3v) is 4.70. The molecule has 1 unspecified atom stereocenters. The molecule has 0 bridgehead atoms. The summed E-state index contributed by atoms with van der Waals surface area (Å²) >= 11 is 18.1. The summed E-state index contributed by atoms with van der Waals surface area (Å²) in [4.78, 5) is 11.4. The Labute approximate surface area is 170 Å². The molecule has 0 aliphatic carbocycles. The highest BCUT2D eigenvalue weighted by Crippen LogP contribution is 2.25. The van der Waals surface area contributed by atoms with Crippen molar-refractivity contribution in [3.05, 3.63) is 63.6 Å². The monoisotopic (exact) mass is 422 g/mol. The van der Waals surface area contributed by atoms with Crippen molar-refractivity contribution in [1.82, 2.24) is 5.43 Å². The fourth-order valence-corrected chi connectivity index (χ4v) is 2.79. The summed E-state index contributed by atoms with van der Waals surface area (Å²) in [6.45, 7) is 0.262. The topological polar surface area (TPSA) is 75.4 Å². The van der Waals surface area contributed by atoms with Gasteiger partial charge in [-0.3, -0.25) is 4.79 Å². The number of alkyl halides is 1. The number of amides is 1. The van der Waals surface area contributed by atoms with Crippen LogP contribution in [0.3, 0.4) is 0 Å². The molecule has 1 heterocycles. The number of ether oxygens (including phenoxy) is 1. The second-order valence-corrected chi connectivity index (χ2v) is 6.68. The molecular weight excluding hydrogens is 411 g/mol. The molecule has 6 nitrogen and oxygen atoms in total. The van der Waals surface area contributed by atoms with E-state index >= 15 is 0 Å². The lowest BCUT2D eigenvalue weighted by Crippen LogP contribution is -2.38. The maximum atomic E-state index is 11.4. The van der Waals surface area contributed by atoms with Gasteiger partial charge in [0.05, 0.1) is 12.4 Å². The Bertz CT molecular complexity index is 906. The fraction of sp³-hybridized carbons (Fsp3) is 0.111. The summed E-state index contributed by atoms with van der Waals surface area (Å²) in [6, 6.07) is 12.5. The molecule has 0 spiro atoms. The first kappa shape index (κ1) is 19.4. The van der Waals surface area contributed by atoms with Gasteiger partial charge in [0.15, 0.2) is 5.38 Å². The number of hydrazone groups is 1. The second-order valence-electron chi connectivity index (χ2n) is 5.42. The zero-order chi connectivity index (χ0) is 19.2. The van der Waals surface area contributed by atoms with Gasteiger partial charge in [-0.2, -0.15) is 15.3 Å². The van der Waals surface area contributed by atoms with E-state index < -0.39 is 11.3 Å². The first-order chi connectivity index (χ1) is 13.0. The highest BCUT2D eigenvalue weighted by atomic mass is 35.5. The van der Waals surface area contributed by atoms with Gasteiger partial charge < -0.3 is 4.74 Å². The van der Waals surface area contributed by atoms with E-state index in [0.29, 0.717) is 15.8 Å². The van der Waals surface area contributed by atoms with Gasteiger partial charge in [-0.05, 0) is 42.0 Å². The summed E-state index contributed by atoms with van der Waals surface area (Å²) in [5.41, 5.74) is 4.04. The van der Waals surface area contributed by atoms with E-state index in [1.807, 2.05) is 12.1 Å². The highest BCUT2D eigenvalue weighted by molar-refractivity contribution is 6.54. The van der Waals surface area contributed by atoms with Crippen LogP contribution in [0.25, 0.3) is 0 Å². The van der Waals surface area contributed by atoms with Crippen LogP contribution in [0.1, 0.15) is 11.1 Å². The van der Waals surface area contributed by atoms with E-state index in [1.54, 1.807) is 30.3 Å². The van der Waals surface area contributed by atoms with Gasteiger partial charge in [-0.25, -0.2) is 5.43 Å². The van der Waals surface area contributed by atoms with Crippen molar-refractivity contribution in [2.24, 2.45) is 15.3 Å². The normalized spacial score (nSPS) is 18.1. The molecule has 2 aromatic carbocycles. The maximum Gasteiger partial charge on any atom is 0.264 e. The smallest absolute Gasteiger partial charge is 0.264 e. The lowest BCUT2D eigenvalue weighted by Gasteiger charge is -2.10. The molecule has 138 valence electrons. The molecule has 0 saturated carbocycles. The molecule has 0 aromatic heterocycles. The molecule has 9 heteroatoms. The first-order valence-corrected chi connectivity index (χ1v) is 8.97. The predicted molar refractivity (Wildman–Crippen MR) is 109 cm³/mol. The molecule has 1 aliphatic rings. The third kappa shape index (κ3) is 5.07. The van der Waals surface area contributed by atoms with Crippen LogP contribution in [0.2, 0.25) is 10.0 Å². The number of carbonyl (C=O) groups excluding carboxylic acids is 1. The van der Waals surface area contributed by atoms with Crippen molar-refractivity contribution in [3.8, 4) is 5.75 Å². The molecule has 1 N–H and O–H groups in total. The van der Waals surface area contributed by atoms with E-state index in [0.717, 1.165) is 11.1 Å². The molecule has 1 aliphatic heterocycles. The Kier molecular flexibility index (Phi) is 6.45. The minimum Gasteiger partial charge on any atom is -0.489 e. The van der Waals surface area contributed by atoms with Crippen molar-refractivity contribution in [2.75, 3.05) is 0 Å². The number of halogens is 3. The SMILES string of the molecule is O=C1NN=C/C(=N/N=C/c2ccc(OCc3c(Cl)cccc3Cl)cc2)C1Cl. The number of hydrogen-bond acceptors (Lipinski definition) is 5. The van der Waals surface area contributed by atoms with Gasteiger partial charge in [0.2, 0.25) is 0 Å². The van der Waals surface area contributed by atoms with Crippen LogP contribution in [0.4, 0.5) is 0 Å². The lowest BCUT2D eigenvalue weighted by molar-refractivity contribution is -0.119. The minimum atomic E-state index is -0.910. The summed E-state index contributed by atoms with van der Waals surface area (Å²) < 4.78 is 5.71. The Balaban J connectivity index is 1.61. The molecule has 1 amide bonds. The summed E-state index contributed by atoms with van der Waals surface area (Å²) in [5.74, 6) is 0.222. The van der Waals surface area contributed by atoms with Crippen molar-refractivity contribution in [1.29, 1.82) is 0 Å². The van der Waals surface area contributed by atoms with Crippen LogP contribution in [0.5, 0.6) is 5.75 Å². The number of nitrogens with zero attached hydrogens (tertiary/aromatic N) is 3. The molecular formula is C18H13Cl3N4O2. The fourth-order valence-electron chi connectivity index (χ4n) is 2.13. The van der Waals surface area contributed by atoms with Crippen molar-refractivity contribution in [2.45, 2.75) is 12.0 Å². The van der Waals surface area contributed by atoms with Crippen LogP contribution in [0.15, 0.2) is 57.8 Å². The highest BCUT2D eigenvalue weighted by Gasteiger charge is 2.23. The number of nitrogens with one attached hydrogen (secondary N) is 1. The van der Waals surface area contributed by atoms with Gasteiger partial charge >= 0.3 is 0 Å². The van der Waals surface area contributed by atoms with E-state index in [2.05, 4.69) is 20.7 Å². The van der Waals surface area contributed by atoms with Gasteiger partial charge in [0.1, 0.15) is 18.1 Å². The summed E-state index contributed by atoms with van der Waals surface area (Å²) in [7, 11) is 0. The molecule has 1 atom stereocenters. The first-order valence-electron chi connectivity index (χ1n) is 7.78. The van der Waals surface area contributed by atoms with Crippen LogP contribution in [-0.2, 0) is 11.4 Å². The summed E-state index contributed by atoms with van der Waals surface area (Å²) in [6.07, 6.45) is 2.89. The van der Waals surface area contributed by atoms with Gasteiger partial charge in [0, 0.05) is 15.6 Å². The Morgan fingerprint density at radius 1 is 1.15 bits per heavy atom. The van der Waals surface area contributed by atoms with Crippen LogP contribution in [-0.4, -0.2) is 29.4 Å². The third-order valence-electron chi connectivity index (χ3n) is 3.57. The lowest BCUT2D eigenvalue weighted by atomic mass is 10.2. The zero-order valence-corrected chi connectivity index (χ0v) is 16.0. The van der Waals surface area contributed by atoms with Gasteiger partial charge in [0.25, 0.3) is 5.91 Å². The molecule has 0 fully saturated rings. The molecule has 0 saturated heterocycles. The van der Waals surface area contributed by atoms with Crippen molar-refractivity contribution in [3.63, 3.8) is 0 Å². The molecule has 2 aromatic rings. The van der Waals surface area contributed by atoms with Crippen molar-refractivity contribution >= 4 is 58.9 Å². The Hall–Kier alpha value is -2.41. The van der Waals surface area contributed by atoms with Crippen molar-refractivity contribution < 1.29 is 9.53 Å². The van der Waals surface area contributed by atoms with Gasteiger partial charge in [-0.15, -0.1) is 11.6 Å². The maximum absolute atomic E-state index is 11.4. The van der Waals surface area contributed by atoms with Crippen LogP contribution < -0.4 is 10.2 Å². The number of hydrogen-bond donors (Lipinski definition) is 1. The van der Waals surface area contributed by atoms with E-state index in [-0.39, 0.29) is 12.3 Å².